The molecular weight excluding hydrogens is 417 g/mol. The number of piperazine rings is 1. The topological polar surface area (TPSA) is 79.3 Å². The maximum absolute atomic E-state index is 13.7. The van der Waals surface area contributed by atoms with E-state index in [1.54, 1.807) is 25.7 Å². The minimum absolute atomic E-state index is 0.0655. The molecule has 7 nitrogen and oxygen atoms in total. The Labute approximate surface area is 178 Å². The van der Waals surface area contributed by atoms with Gasteiger partial charge in [-0.2, -0.15) is 13.2 Å². The molecule has 0 radical (unpaired) electrons. The average Bonchev–Trinajstić information content (AvgIpc) is 3.42. The minimum Gasteiger partial charge on any atom is -0.478 e. The summed E-state index contributed by atoms with van der Waals surface area (Å²) in [6, 6.07) is 3.57. The molecule has 0 aromatic heterocycles. The molecule has 3 rings (SSSR count). The fourth-order valence-electron chi connectivity index (χ4n) is 3.41. The van der Waals surface area contributed by atoms with Gasteiger partial charge in [-0.05, 0) is 32.9 Å². The van der Waals surface area contributed by atoms with Gasteiger partial charge in [0.1, 0.15) is 11.4 Å². The summed E-state index contributed by atoms with van der Waals surface area (Å²) < 4.78 is 51.9. The number of nitrogens with zero attached hydrogens (tertiary/aromatic N) is 2. The summed E-state index contributed by atoms with van der Waals surface area (Å²) in [6.07, 6.45) is -4.55. The third kappa shape index (κ3) is 5.61. The van der Waals surface area contributed by atoms with Crippen LogP contribution in [0.5, 0.6) is 5.75 Å². The number of carboxylic acids is 1. The fourth-order valence-corrected chi connectivity index (χ4v) is 3.41. The molecule has 10 heteroatoms. The number of carbonyl (C=O) groups excluding carboxylic acids is 1. The SMILES string of the molecule is CC(C)(C)OC(=O)N1CCN(Cc2c(OC3(C(=O)O)CC3)cccc2C(F)(F)F)CC1. The molecule has 1 amide bonds. The molecule has 2 aliphatic rings. The van der Waals surface area contributed by atoms with E-state index in [2.05, 4.69) is 0 Å². The molecule has 1 aromatic carbocycles. The minimum atomic E-state index is -4.60. The summed E-state index contributed by atoms with van der Waals surface area (Å²) in [6.45, 7) is 6.57. The average molecular weight is 444 g/mol. The Bertz CT molecular complexity index is 838. The standard InChI is InChI=1S/C21H27F3N2O5/c1-19(2,3)31-18(29)26-11-9-25(10-12-26)13-14-15(21(22,23)24)5-4-6-16(14)30-20(7-8-20)17(27)28/h4-6H,7-13H2,1-3H3,(H,27,28). The molecule has 31 heavy (non-hydrogen) atoms. The quantitative estimate of drug-likeness (QED) is 0.745. The molecule has 1 heterocycles. The molecule has 1 saturated heterocycles. The third-order valence-corrected chi connectivity index (χ3v) is 5.24. The largest absolute Gasteiger partial charge is 0.478 e. The maximum atomic E-state index is 13.7. The zero-order valence-electron chi connectivity index (χ0n) is 17.8. The van der Waals surface area contributed by atoms with Gasteiger partial charge in [-0.3, -0.25) is 4.90 Å². The smallest absolute Gasteiger partial charge is 0.416 e. The lowest BCUT2D eigenvalue weighted by Crippen LogP contribution is -2.49. The van der Waals surface area contributed by atoms with Crippen molar-refractivity contribution in [1.29, 1.82) is 0 Å². The van der Waals surface area contributed by atoms with Crippen molar-refractivity contribution in [1.82, 2.24) is 9.80 Å². The Balaban J connectivity index is 1.75. The number of benzene rings is 1. The zero-order chi connectivity index (χ0) is 23.0. The van der Waals surface area contributed by atoms with Gasteiger partial charge in [0.15, 0.2) is 0 Å². The summed E-state index contributed by atoms with van der Waals surface area (Å²) in [5, 5.41) is 9.36. The van der Waals surface area contributed by atoms with Crippen molar-refractivity contribution in [3.05, 3.63) is 29.3 Å². The Morgan fingerprint density at radius 1 is 1.10 bits per heavy atom. The summed E-state index contributed by atoms with van der Waals surface area (Å²) >= 11 is 0. The maximum Gasteiger partial charge on any atom is 0.416 e. The van der Waals surface area contributed by atoms with Crippen molar-refractivity contribution in [2.45, 2.75) is 57.5 Å². The van der Waals surface area contributed by atoms with E-state index in [1.807, 2.05) is 0 Å². The van der Waals surface area contributed by atoms with Crippen LogP contribution in [-0.4, -0.2) is 64.4 Å². The zero-order valence-corrected chi connectivity index (χ0v) is 17.8. The van der Waals surface area contributed by atoms with Crippen LogP contribution in [0.2, 0.25) is 0 Å². The Morgan fingerprint density at radius 3 is 2.19 bits per heavy atom. The molecule has 1 aromatic rings. The van der Waals surface area contributed by atoms with E-state index in [-0.39, 0.29) is 30.7 Å². The van der Waals surface area contributed by atoms with Crippen LogP contribution in [0.3, 0.4) is 0 Å². The molecule has 0 bridgehead atoms. The van der Waals surface area contributed by atoms with Crippen LogP contribution < -0.4 is 4.74 Å². The van der Waals surface area contributed by atoms with Crippen molar-refractivity contribution in [2.75, 3.05) is 26.2 Å². The van der Waals surface area contributed by atoms with Gasteiger partial charge in [0, 0.05) is 51.1 Å². The second kappa shape index (κ2) is 8.22. The van der Waals surface area contributed by atoms with Crippen LogP contribution >= 0.6 is 0 Å². The summed E-state index contributed by atoms with van der Waals surface area (Å²) in [5.41, 5.74) is -3.02. The monoisotopic (exact) mass is 444 g/mol. The lowest BCUT2D eigenvalue weighted by molar-refractivity contribution is -0.147. The lowest BCUT2D eigenvalue weighted by Gasteiger charge is -2.36. The molecule has 1 N–H and O–H groups in total. The van der Waals surface area contributed by atoms with E-state index in [4.69, 9.17) is 9.47 Å². The van der Waals surface area contributed by atoms with Gasteiger partial charge in [0.2, 0.25) is 5.60 Å². The van der Waals surface area contributed by atoms with Crippen molar-refractivity contribution in [3.8, 4) is 5.75 Å². The van der Waals surface area contributed by atoms with E-state index in [1.165, 1.54) is 17.0 Å². The highest BCUT2D eigenvalue weighted by Crippen LogP contribution is 2.44. The Hall–Kier alpha value is -2.49. The number of ether oxygens (including phenoxy) is 2. The first-order valence-electron chi connectivity index (χ1n) is 10.1. The van der Waals surface area contributed by atoms with Crippen molar-refractivity contribution in [2.24, 2.45) is 0 Å². The Morgan fingerprint density at radius 2 is 1.71 bits per heavy atom. The second-order valence-corrected chi connectivity index (χ2v) is 8.93. The van der Waals surface area contributed by atoms with Crippen LogP contribution in [0.4, 0.5) is 18.0 Å². The van der Waals surface area contributed by atoms with Crippen LogP contribution in [0.25, 0.3) is 0 Å². The molecule has 1 aliphatic carbocycles. The van der Waals surface area contributed by atoms with E-state index >= 15 is 0 Å². The van der Waals surface area contributed by atoms with E-state index < -0.39 is 35.0 Å². The number of aliphatic carboxylic acids is 1. The second-order valence-electron chi connectivity index (χ2n) is 8.93. The van der Waals surface area contributed by atoms with Gasteiger partial charge < -0.3 is 19.5 Å². The number of carbonyl (C=O) groups is 2. The van der Waals surface area contributed by atoms with E-state index in [0.717, 1.165) is 6.07 Å². The highest BCUT2D eigenvalue weighted by atomic mass is 19.4. The molecule has 172 valence electrons. The number of rotatable bonds is 5. The van der Waals surface area contributed by atoms with Crippen molar-refractivity contribution in [3.63, 3.8) is 0 Å². The number of alkyl halides is 3. The summed E-state index contributed by atoms with van der Waals surface area (Å²) in [5.74, 6) is -1.24. The van der Waals surface area contributed by atoms with Crippen molar-refractivity contribution >= 4 is 12.1 Å². The van der Waals surface area contributed by atoms with Crippen molar-refractivity contribution < 1.29 is 37.3 Å². The number of hydrogen-bond donors (Lipinski definition) is 1. The predicted molar refractivity (Wildman–Crippen MR) is 105 cm³/mol. The first-order chi connectivity index (χ1) is 14.3. The normalized spacial score (nSPS) is 19.1. The van der Waals surface area contributed by atoms with Crippen LogP contribution in [0, 0.1) is 0 Å². The number of hydrogen-bond acceptors (Lipinski definition) is 5. The molecule has 1 aliphatic heterocycles. The molecule has 0 spiro atoms. The first kappa shape index (κ1) is 23.2. The molecule has 1 saturated carbocycles. The predicted octanol–water partition coefficient (Wildman–Crippen LogP) is 3.75. The van der Waals surface area contributed by atoms with Crippen LogP contribution in [-0.2, 0) is 22.3 Å². The first-order valence-corrected chi connectivity index (χ1v) is 10.1. The number of carboxylic acid groups (broad SMARTS) is 1. The van der Waals surface area contributed by atoms with E-state index in [0.29, 0.717) is 26.2 Å². The van der Waals surface area contributed by atoms with Gasteiger partial charge >= 0.3 is 18.2 Å². The van der Waals surface area contributed by atoms with Gasteiger partial charge in [-0.25, -0.2) is 9.59 Å². The summed E-state index contributed by atoms with van der Waals surface area (Å²) in [7, 11) is 0. The van der Waals surface area contributed by atoms with Gasteiger partial charge in [0.25, 0.3) is 0 Å². The van der Waals surface area contributed by atoms with E-state index in [9.17, 15) is 27.9 Å². The molecule has 0 unspecified atom stereocenters. The number of amides is 1. The Kier molecular flexibility index (Phi) is 6.14. The summed E-state index contributed by atoms with van der Waals surface area (Å²) in [4.78, 5) is 27.0. The molecule has 0 atom stereocenters. The highest BCUT2D eigenvalue weighted by Gasteiger charge is 2.54. The van der Waals surface area contributed by atoms with Crippen LogP contribution in [0.15, 0.2) is 18.2 Å². The molecular formula is C21H27F3N2O5. The number of halogens is 3. The van der Waals surface area contributed by atoms with Crippen LogP contribution in [0.1, 0.15) is 44.7 Å². The fraction of sp³-hybridized carbons (Fsp3) is 0.619. The highest BCUT2D eigenvalue weighted by molar-refractivity contribution is 5.81. The molecule has 2 fully saturated rings. The van der Waals surface area contributed by atoms with Gasteiger partial charge in [0.05, 0.1) is 5.56 Å². The lowest BCUT2D eigenvalue weighted by atomic mass is 10.0. The van der Waals surface area contributed by atoms with Gasteiger partial charge in [-0.15, -0.1) is 0 Å². The van der Waals surface area contributed by atoms with Gasteiger partial charge in [-0.1, -0.05) is 6.07 Å². The third-order valence-electron chi connectivity index (χ3n) is 5.24.